The maximum absolute atomic E-state index is 13.5. The fourth-order valence-corrected chi connectivity index (χ4v) is 5.63. The minimum atomic E-state index is -0.484. The predicted octanol–water partition coefficient (Wildman–Crippen LogP) is 7.70. The molecule has 0 saturated carbocycles. The lowest BCUT2D eigenvalue weighted by molar-refractivity contribution is -0.114. The Hall–Kier alpha value is -6.13. The van der Waals surface area contributed by atoms with Gasteiger partial charge in [0.25, 0.3) is 11.8 Å². The highest BCUT2D eigenvalue weighted by Crippen LogP contribution is 2.26. The first-order chi connectivity index (χ1) is 23.8. The molecule has 0 aliphatic rings. The average molecular weight is 668 g/mol. The van der Waals surface area contributed by atoms with Gasteiger partial charge in [-0.05, 0) is 90.5 Å². The number of carbonyl (C=O) groups excluding carboxylic acids is 3. The molecule has 6 rings (SSSR count). The molecule has 0 fully saturated rings. The van der Waals surface area contributed by atoms with E-state index in [2.05, 4.69) is 20.9 Å². The smallest absolute Gasteiger partial charge is 0.272 e. The normalized spacial score (nSPS) is 11.2. The Morgan fingerprint density at radius 1 is 0.776 bits per heavy atom. The molecular formula is C39H33N5O4S. The van der Waals surface area contributed by atoms with Gasteiger partial charge in [-0.15, -0.1) is 11.8 Å². The van der Waals surface area contributed by atoms with Crippen molar-refractivity contribution in [1.82, 2.24) is 10.3 Å². The zero-order valence-corrected chi connectivity index (χ0v) is 27.7. The summed E-state index contributed by atoms with van der Waals surface area (Å²) in [5.41, 5.74) is 5.76. The number of thioether (sulfide) groups is 1. The van der Waals surface area contributed by atoms with E-state index >= 15 is 0 Å². The molecule has 0 saturated heterocycles. The van der Waals surface area contributed by atoms with Gasteiger partial charge in [0.05, 0.1) is 5.75 Å². The van der Waals surface area contributed by atoms with E-state index in [1.165, 1.54) is 11.8 Å². The third kappa shape index (κ3) is 8.62. The van der Waals surface area contributed by atoms with E-state index in [1.807, 2.05) is 91.8 Å². The number of nitrogens with zero attached hydrogens (tertiary/aromatic N) is 2. The van der Waals surface area contributed by atoms with Crippen molar-refractivity contribution in [2.24, 2.45) is 0 Å². The van der Waals surface area contributed by atoms with Gasteiger partial charge in [0.15, 0.2) is 5.58 Å². The van der Waals surface area contributed by atoms with Gasteiger partial charge in [0, 0.05) is 47.2 Å². The highest BCUT2D eigenvalue weighted by Gasteiger charge is 2.16. The molecule has 0 atom stereocenters. The van der Waals surface area contributed by atoms with Crippen molar-refractivity contribution in [3.05, 3.63) is 144 Å². The Bertz CT molecular complexity index is 2090. The average Bonchev–Trinajstić information content (AvgIpc) is 3.56. The number of benzene rings is 5. The first kappa shape index (κ1) is 32.8. The molecule has 3 N–H and O–H groups in total. The van der Waals surface area contributed by atoms with E-state index < -0.39 is 11.8 Å². The summed E-state index contributed by atoms with van der Waals surface area (Å²) in [7, 11) is 3.90. The molecule has 5 aromatic carbocycles. The molecule has 0 bridgehead atoms. The van der Waals surface area contributed by atoms with Crippen LogP contribution in [0.25, 0.3) is 28.6 Å². The highest BCUT2D eigenvalue weighted by molar-refractivity contribution is 8.00. The molecule has 3 amide bonds. The van der Waals surface area contributed by atoms with Crippen LogP contribution in [0, 0.1) is 0 Å². The number of para-hydroxylation sites is 2. The van der Waals surface area contributed by atoms with Gasteiger partial charge in [-0.2, -0.15) is 0 Å². The van der Waals surface area contributed by atoms with Gasteiger partial charge in [0.2, 0.25) is 11.8 Å². The van der Waals surface area contributed by atoms with Crippen LogP contribution in [0.1, 0.15) is 15.9 Å². The minimum absolute atomic E-state index is 0.0889. The number of anilines is 3. The van der Waals surface area contributed by atoms with Crippen molar-refractivity contribution < 1.29 is 18.8 Å². The van der Waals surface area contributed by atoms with Crippen molar-refractivity contribution in [1.29, 1.82) is 0 Å². The summed E-state index contributed by atoms with van der Waals surface area (Å²) < 4.78 is 5.83. The lowest BCUT2D eigenvalue weighted by Crippen LogP contribution is -2.30. The van der Waals surface area contributed by atoms with Gasteiger partial charge < -0.3 is 25.3 Å². The van der Waals surface area contributed by atoms with E-state index in [4.69, 9.17) is 4.42 Å². The van der Waals surface area contributed by atoms with Crippen molar-refractivity contribution in [2.45, 2.75) is 4.90 Å². The molecule has 0 radical (unpaired) electrons. The number of carbonyl (C=O) groups is 3. The molecule has 9 nitrogen and oxygen atoms in total. The molecule has 10 heteroatoms. The molecule has 0 spiro atoms. The fourth-order valence-electron chi connectivity index (χ4n) is 4.88. The van der Waals surface area contributed by atoms with E-state index in [9.17, 15) is 14.4 Å². The Kier molecular flexibility index (Phi) is 10.2. The molecular weight excluding hydrogens is 635 g/mol. The highest BCUT2D eigenvalue weighted by atomic mass is 32.2. The Labute approximate surface area is 288 Å². The second kappa shape index (κ2) is 15.2. The number of oxazole rings is 1. The summed E-state index contributed by atoms with van der Waals surface area (Å²) in [5.74, 6) is -0.388. The SMILES string of the molecule is CN(C)c1ccc(/C=C(/NC(=O)c2ccccc2)C(=O)Nc2cccc(SCC(=O)Nc3ccc(-c4nc5ccccc5o4)cc3)c2)cc1. The Morgan fingerprint density at radius 3 is 2.24 bits per heavy atom. The molecule has 0 unspecified atom stereocenters. The lowest BCUT2D eigenvalue weighted by Gasteiger charge is -2.14. The summed E-state index contributed by atoms with van der Waals surface area (Å²) in [6, 6.07) is 38.4. The number of amides is 3. The summed E-state index contributed by atoms with van der Waals surface area (Å²) in [4.78, 5) is 46.6. The molecule has 6 aromatic rings. The zero-order valence-electron chi connectivity index (χ0n) is 26.8. The minimum Gasteiger partial charge on any atom is -0.436 e. The summed E-state index contributed by atoms with van der Waals surface area (Å²) in [6.45, 7) is 0. The maximum atomic E-state index is 13.5. The van der Waals surface area contributed by atoms with E-state index in [0.29, 0.717) is 28.4 Å². The van der Waals surface area contributed by atoms with Crippen LogP contribution >= 0.6 is 11.8 Å². The quantitative estimate of drug-likeness (QED) is 0.0958. The van der Waals surface area contributed by atoms with Crippen LogP contribution in [0.15, 0.2) is 142 Å². The van der Waals surface area contributed by atoms with E-state index in [-0.39, 0.29) is 17.4 Å². The molecule has 0 aliphatic heterocycles. The van der Waals surface area contributed by atoms with E-state index in [1.54, 1.807) is 60.7 Å². The lowest BCUT2D eigenvalue weighted by atomic mass is 10.1. The van der Waals surface area contributed by atoms with Crippen LogP contribution in [0.3, 0.4) is 0 Å². The number of fused-ring (bicyclic) bond motifs is 1. The monoisotopic (exact) mass is 667 g/mol. The largest absolute Gasteiger partial charge is 0.436 e. The van der Waals surface area contributed by atoms with Crippen molar-refractivity contribution >= 4 is 63.7 Å². The number of rotatable bonds is 11. The number of hydrogen-bond acceptors (Lipinski definition) is 7. The second-order valence-electron chi connectivity index (χ2n) is 11.2. The topological polar surface area (TPSA) is 117 Å². The molecule has 0 aliphatic carbocycles. The van der Waals surface area contributed by atoms with Crippen LogP contribution in [-0.2, 0) is 9.59 Å². The Balaban J connectivity index is 1.08. The van der Waals surface area contributed by atoms with Gasteiger partial charge in [0.1, 0.15) is 11.2 Å². The molecule has 1 aromatic heterocycles. The van der Waals surface area contributed by atoms with E-state index in [0.717, 1.165) is 27.2 Å². The van der Waals surface area contributed by atoms with Crippen molar-refractivity contribution in [3.63, 3.8) is 0 Å². The maximum Gasteiger partial charge on any atom is 0.272 e. The molecule has 49 heavy (non-hydrogen) atoms. The third-order valence-electron chi connectivity index (χ3n) is 7.42. The van der Waals surface area contributed by atoms with Gasteiger partial charge in [-0.1, -0.05) is 48.5 Å². The van der Waals surface area contributed by atoms with Crippen LogP contribution in [0.2, 0.25) is 0 Å². The summed E-state index contributed by atoms with van der Waals surface area (Å²) >= 11 is 1.34. The van der Waals surface area contributed by atoms with Gasteiger partial charge in [-0.25, -0.2) is 4.98 Å². The molecule has 1 heterocycles. The number of nitrogens with one attached hydrogen (secondary N) is 3. The first-order valence-corrected chi connectivity index (χ1v) is 16.4. The third-order valence-corrected chi connectivity index (χ3v) is 8.41. The summed E-state index contributed by atoms with van der Waals surface area (Å²) in [5, 5.41) is 8.57. The predicted molar refractivity (Wildman–Crippen MR) is 197 cm³/mol. The summed E-state index contributed by atoms with van der Waals surface area (Å²) in [6.07, 6.45) is 1.64. The zero-order chi connectivity index (χ0) is 34.2. The van der Waals surface area contributed by atoms with Gasteiger partial charge in [-0.3, -0.25) is 14.4 Å². The number of aromatic nitrogens is 1. The standard InChI is InChI=1S/C39H33N5O4S/c1-44(2)31-21-15-26(16-22-31)23-34(42-37(46)27-9-4-3-5-10-27)38(47)41-30-11-8-12-32(24-30)49-25-36(45)40-29-19-17-28(18-20-29)39-43-33-13-6-7-14-35(33)48-39/h3-24H,25H2,1-2H3,(H,40,45)(H,41,47)(H,42,46)/b34-23+. The Morgan fingerprint density at radius 2 is 1.51 bits per heavy atom. The van der Waals surface area contributed by atoms with Gasteiger partial charge >= 0.3 is 0 Å². The van der Waals surface area contributed by atoms with Crippen LogP contribution < -0.4 is 20.9 Å². The fraction of sp³-hybridized carbons (Fsp3) is 0.0769. The second-order valence-corrected chi connectivity index (χ2v) is 12.3. The first-order valence-electron chi connectivity index (χ1n) is 15.5. The van der Waals surface area contributed by atoms with Crippen LogP contribution in [0.5, 0.6) is 0 Å². The van der Waals surface area contributed by atoms with Crippen molar-refractivity contribution in [2.75, 3.05) is 35.4 Å². The van der Waals surface area contributed by atoms with Crippen LogP contribution in [0.4, 0.5) is 17.1 Å². The number of hydrogen-bond donors (Lipinski definition) is 3. The molecule has 244 valence electrons. The van der Waals surface area contributed by atoms with Crippen molar-refractivity contribution in [3.8, 4) is 11.5 Å². The van der Waals surface area contributed by atoms with Crippen LogP contribution in [-0.4, -0.2) is 42.6 Å².